The van der Waals surface area contributed by atoms with E-state index < -0.39 is 0 Å². The molecule has 1 rings (SSSR count). The number of nitrogens with two attached hydrogens (primary N) is 1. The van der Waals surface area contributed by atoms with Gasteiger partial charge in [-0.05, 0) is 11.1 Å². The molecule has 2 amide bonds. The van der Waals surface area contributed by atoms with E-state index in [-0.39, 0.29) is 24.8 Å². The van der Waals surface area contributed by atoms with Gasteiger partial charge in [-0.2, -0.15) is 0 Å². The first-order valence-electron chi connectivity index (χ1n) is 6.46. The molecule has 6 nitrogen and oxygen atoms in total. The first kappa shape index (κ1) is 16.1. The second-order valence-corrected chi connectivity index (χ2v) is 4.27. The molecule has 0 saturated carbocycles. The van der Waals surface area contributed by atoms with E-state index in [0.29, 0.717) is 19.7 Å². The number of methoxy groups -OCH3 is 1. The van der Waals surface area contributed by atoms with E-state index in [1.807, 2.05) is 24.3 Å². The summed E-state index contributed by atoms with van der Waals surface area (Å²) < 4.78 is 4.81. The van der Waals surface area contributed by atoms with Crippen LogP contribution >= 0.6 is 0 Å². The minimum atomic E-state index is -0.234. The van der Waals surface area contributed by atoms with Crippen LogP contribution in [0.25, 0.3) is 0 Å². The van der Waals surface area contributed by atoms with Crippen LogP contribution in [-0.4, -0.2) is 38.6 Å². The number of hydrogen-bond donors (Lipinski definition) is 3. The van der Waals surface area contributed by atoms with Crippen LogP contribution in [0.4, 0.5) is 0 Å². The SMILES string of the molecule is COCCNC(=O)CNC(=O)Cc1ccccc1CN. The Balaban J connectivity index is 2.35. The zero-order valence-electron chi connectivity index (χ0n) is 11.6. The highest BCUT2D eigenvalue weighted by Gasteiger charge is 2.08. The highest BCUT2D eigenvalue weighted by Crippen LogP contribution is 2.08. The lowest BCUT2D eigenvalue weighted by Crippen LogP contribution is -2.38. The summed E-state index contributed by atoms with van der Waals surface area (Å²) in [6.45, 7) is 1.24. The van der Waals surface area contributed by atoms with Crippen molar-refractivity contribution in [3.05, 3.63) is 35.4 Å². The Morgan fingerprint density at radius 2 is 1.85 bits per heavy atom. The van der Waals surface area contributed by atoms with Crippen molar-refractivity contribution in [3.63, 3.8) is 0 Å². The maximum absolute atomic E-state index is 11.8. The molecule has 0 aromatic heterocycles. The van der Waals surface area contributed by atoms with Gasteiger partial charge < -0.3 is 21.1 Å². The molecule has 110 valence electrons. The quantitative estimate of drug-likeness (QED) is 0.563. The number of ether oxygens (including phenoxy) is 1. The first-order chi connectivity index (χ1) is 9.67. The molecular formula is C14H21N3O3. The van der Waals surface area contributed by atoms with Crippen LogP contribution in [0.1, 0.15) is 11.1 Å². The van der Waals surface area contributed by atoms with Gasteiger partial charge in [0.2, 0.25) is 11.8 Å². The van der Waals surface area contributed by atoms with Gasteiger partial charge in [0.15, 0.2) is 0 Å². The first-order valence-corrected chi connectivity index (χ1v) is 6.46. The van der Waals surface area contributed by atoms with Crippen LogP contribution in [-0.2, 0) is 27.3 Å². The van der Waals surface area contributed by atoms with Crippen molar-refractivity contribution < 1.29 is 14.3 Å². The summed E-state index contributed by atoms with van der Waals surface area (Å²) in [6, 6.07) is 7.49. The molecule has 20 heavy (non-hydrogen) atoms. The van der Waals surface area contributed by atoms with Gasteiger partial charge in [-0.1, -0.05) is 24.3 Å². The molecule has 0 atom stereocenters. The lowest BCUT2D eigenvalue weighted by Gasteiger charge is -2.09. The Kier molecular flexibility index (Phi) is 7.31. The predicted octanol–water partition coefficient (Wildman–Crippen LogP) is -0.433. The molecule has 4 N–H and O–H groups in total. The maximum Gasteiger partial charge on any atom is 0.239 e. The lowest BCUT2D eigenvalue weighted by molar-refractivity contribution is -0.125. The van der Waals surface area contributed by atoms with Crippen molar-refractivity contribution in [3.8, 4) is 0 Å². The standard InChI is InChI=1S/C14H21N3O3/c1-20-7-6-16-14(19)10-17-13(18)8-11-4-2-3-5-12(11)9-15/h2-5H,6-10,15H2,1H3,(H,16,19)(H,17,18). The fourth-order valence-corrected chi connectivity index (χ4v) is 1.70. The second-order valence-electron chi connectivity index (χ2n) is 4.27. The minimum Gasteiger partial charge on any atom is -0.383 e. The largest absolute Gasteiger partial charge is 0.383 e. The van der Waals surface area contributed by atoms with E-state index in [9.17, 15) is 9.59 Å². The van der Waals surface area contributed by atoms with E-state index in [1.165, 1.54) is 0 Å². The van der Waals surface area contributed by atoms with Gasteiger partial charge in [0.1, 0.15) is 0 Å². The van der Waals surface area contributed by atoms with Gasteiger partial charge in [0.05, 0.1) is 19.6 Å². The zero-order valence-corrected chi connectivity index (χ0v) is 11.6. The van der Waals surface area contributed by atoms with E-state index in [0.717, 1.165) is 11.1 Å². The fraction of sp³-hybridized carbons (Fsp3) is 0.429. The van der Waals surface area contributed by atoms with Gasteiger partial charge in [0.25, 0.3) is 0 Å². The molecule has 0 saturated heterocycles. The highest BCUT2D eigenvalue weighted by atomic mass is 16.5. The molecule has 0 bridgehead atoms. The van der Waals surface area contributed by atoms with Gasteiger partial charge in [0, 0.05) is 20.2 Å². The summed E-state index contributed by atoms with van der Waals surface area (Å²) in [7, 11) is 1.56. The number of benzene rings is 1. The lowest BCUT2D eigenvalue weighted by atomic mass is 10.0. The van der Waals surface area contributed by atoms with E-state index in [1.54, 1.807) is 7.11 Å². The van der Waals surface area contributed by atoms with E-state index in [2.05, 4.69) is 10.6 Å². The van der Waals surface area contributed by atoms with Crippen molar-refractivity contribution >= 4 is 11.8 Å². The van der Waals surface area contributed by atoms with E-state index >= 15 is 0 Å². The average molecular weight is 279 g/mol. The highest BCUT2D eigenvalue weighted by molar-refractivity contribution is 5.85. The van der Waals surface area contributed by atoms with Crippen LogP contribution in [0.15, 0.2) is 24.3 Å². The van der Waals surface area contributed by atoms with Crippen molar-refractivity contribution in [2.45, 2.75) is 13.0 Å². The smallest absolute Gasteiger partial charge is 0.239 e. The van der Waals surface area contributed by atoms with Gasteiger partial charge in [-0.15, -0.1) is 0 Å². The van der Waals surface area contributed by atoms with Crippen LogP contribution in [0, 0.1) is 0 Å². The Morgan fingerprint density at radius 1 is 1.15 bits per heavy atom. The Bertz CT molecular complexity index is 449. The van der Waals surface area contributed by atoms with Crippen LogP contribution < -0.4 is 16.4 Å². The third kappa shape index (κ3) is 5.81. The Hall–Kier alpha value is -1.92. The topological polar surface area (TPSA) is 93.5 Å². The molecule has 0 fully saturated rings. The maximum atomic E-state index is 11.8. The third-order valence-corrected chi connectivity index (χ3v) is 2.76. The number of nitrogens with one attached hydrogen (secondary N) is 2. The Labute approximate surface area is 118 Å². The van der Waals surface area contributed by atoms with Gasteiger partial charge in [-0.25, -0.2) is 0 Å². The summed E-state index contributed by atoms with van der Waals surface area (Å²) in [5, 5.41) is 5.20. The average Bonchev–Trinajstić information content (AvgIpc) is 2.46. The number of rotatable bonds is 8. The van der Waals surface area contributed by atoms with Gasteiger partial charge >= 0.3 is 0 Å². The molecule has 0 radical (unpaired) electrons. The fourth-order valence-electron chi connectivity index (χ4n) is 1.70. The van der Waals surface area contributed by atoms with Crippen molar-refractivity contribution in [1.82, 2.24) is 10.6 Å². The molecule has 6 heteroatoms. The normalized spacial score (nSPS) is 10.1. The minimum absolute atomic E-state index is 0.0344. The molecule has 0 spiro atoms. The summed E-state index contributed by atoms with van der Waals surface area (Å²) >= 11 is 0. The van der Waals surface area contributed by atoms with Crippen molar-refractivity contribution in [1.29, 1.82) is 0 Å². The molecule has 1 aromatic carbocycles. The number of amides is 2. The van der Waals surface area contributed by atoms with Crippen LogP contribution in [0.2, 0.25) is 0 Å². The molecule has 0 aliphatic heterocycles. The Morgan fingerprint density at radius 3 is 2.50 bits per heavy atom. The van der Waals surface area contributed by atoms with Crippen LogP contribution in [0.5, 0.6) is 0 Å². The molecular weight excluding hydrogens is 258 g/mol. The van der Waals surface area contributed by atoms with Crippen LogP contribution in [0.3, 0.4) is 0 Å². The molecule has 1 aromatic rings. The molecule has 0 aliphatic rings. The van der Waals surface area contributed by atoms with Crippen molar-refractivity contribution in [2.75, 3.05) is 26.8 Å². The summed E-state index contributed by atoms with van der Waals surface area (Å²) in [4.78, 5) is 23.2. The predicted molar refractivity (Wildman–Crippen MR) is 75.9 cm³/mol. The van der Waals surface area contributed by atoms with Crippen molar-refractivity contribution in [2.24, 2.45) is 5.73 Å². The summed E-state index contributed by atoms with van der Waals surface area (Å²) in [5.74, 6) is -0.435. The van der Waals surface area contributed by atoms with E-state index in [4.69, 9.17) is 10.5 Å². The zero-order chi connectivity index (χ0) is 14.8. The number of hydrogen-bond acceptors (Lipinski definition) is 4. The monoisotopic (exact) mass is 279 g/mol. The third-order valence-electron chi connectivity index (χ3n) is 2.76. The number of carbonyl (C=O) groups excluding carboxylic acids is 2. The summed E-state index contributed by atoms with van der Waals surface area (Å²) in [6.07, 6.45) is 0.221. The van der Waals surface area contributed by atoms with Gasteiger partial charge in [-0.3, -0.25) is 9.59 Å². The molecule has 0 unspecified atom stereocenters. The molecule has 0 heterocycles. The summed E-state index contributed by atoms with van der Waals surface area (Å²) in [5.41, 5.74) is 7.43. The number of carbonyl (C=O) groups is 2. The second kappa shape index (κ2) is 9.06. The molecule has 0 aliphatic carbocycles.